The SMILES string of the molecule is Cc1nc2sc(C3CC3)nn2c1C(=O)O. The van der Waals surface area contributed by atoms with Gasteiger partial charge >= 0.3 is 5.97 Å². The third-order valence-electron chi connectivity index (χ3n) is 2.52. The van der Waals surface area contributed by atoms with E-state index in [0.717, 1.165) is 17.8 Å². The highest BCUT2D eigenvalue weighted by atomic mass is 32.1. The summed E-state index contributed by atoms with van der Waals surface area (Å²) in [5.41, 5.74) is 0.719. The number of carboxylic acids is 1. The predicted molar refractivity (Wildman–Crippen MR) is 54.5 cm³/mol. The monoisotopic (exact) mass is 223 g/mol. The van der Waals surface area contributed by atoms with Crippen LogP contribution in [0.4, 0.5) is 0 Å². The molecule has 0 saturated heterocycles. The number of nitrogens with zero attached hydrogens (tertiary/aromatic N) is 3. The molecular weight excluding hydrogens is 214 g/mol. The summed E-state index contributed by atoms with van der Waals surface area (Å²) >= 11 is 1.50. The molecule has 1 N–H and O–H groups in total. The standard InChI is InChI=1S/C9H9N3O2S/c1-4-6(8(13)14)12-9(10-4)15-7(11-12)5-2-3-5/h5H,2-3H2,1H3,(H,13,14). The highest BCUT2D eigenvalue weighted by Crippen LogP contribution is 2.41. The lowest BCUT2D eigenvalue weighted by Crippen LogP contribution is -2.04. The molecule has 5 nitrogen and oxygen atoms in total. The molecule has 0 atom stereocenters. The van der Waals surface area contributed by atoms with Gasteiger partial charge < -0.3 is 5.11 Å². The van der Waals surface area contributed by atoms with Crippen LogP contribution in [0.2, 0.25) is 0 Å². The van der Waals surface area contributed by atoms with Crippen molar-refractivity contribution in [3.8, 4) is 0 Å². The number of hydrogen-bond acceptors (Lipinski definition) is 4. The van der Waals surface area contributed by atoms with Gasteiger partial charge in [0.25, 0.3) is 0 Å². The average molecular weight is 223 g/mol. The maximum absolute atomic E-state index is 11.0. The smallest absolute Gasteiger partial charge is 0.356 e. The minimum atomic E-state index is -0.965. The van der Waals surface area contributed by atoms with Crippen molar-refractivity contribution in [3.05, 3.63) is 16.4 Å². The van der Waals surface area contributed by atoms with Crippen molar-refractivity contribution in [2.45, 2.75) is 25.7 Å². The van der Waals surface area contributed by atoms with E-state index in [-0.39, 0.29) is 5.69 Å². The first-order valence-corrected chi connectivity index (χ1v) is 5.58. The Balaban J connectivity index is 2.23. The average Bonchev–Trinajstić information content (AvgIpc) is 2.84. The summed E-state index contributed by atoms with van der Waals surface area (Å²) in [4.78, 5) is 15.9. The van der Waals surface area contributed by atoms with Crippen molar-refractivity contribution < 1.29 is 9.90 Å². The first-order chi connectivity index (χ1) is 7.16. The van der Waals surface area contributed by atoms with Gasteiger partial charge in [-0.05, 0) is 19.8 Å². The van der Waals surface area contributed by atoms with Crippen molar-refractivity contribution in [1.29, 1.82) is 0 Å². The summed E-state index contributed by atoms with van der Waals surface area (Å²) in [6.07, 6.45) is 2.33. The number of carbonyl (C=O) groups is 1. The van der Waals surface area contributed by atoms with E-state index >= 15 is 0 Å². The molecule has 0 radical (unpaired) electrons. The lowest BCUT2D eigenvalue weighted by molar-refractivity contribution is 0.0687. The molecule has 15 heavy (non-hydrogen) atoms. The zero-order valence-corrected chi connectivity index (χ0v) is 8.91. The molecule has 0 aromatic carbocycles. The van der Waals surface area contributed by atoms with Crippen LogP contribution in [0.1, 0.15) is 39.9 Å². The van der Waals surface area contributed by atoms with Crippen LogP contribution in [0.5, 0.6) is 0 Å². The highest BCUT2D eigenvalue weighted by Gasteiger charge is 2.29. The molecule has 0 aliphatic heterocycles. The molecule has 1 fully saturated rings. The number of aromatic nitrogens is 3. The molecule has 2 heterocycles. The van der Waals surface area contributed by atoms with Gasteiger partial charge in [-0.25, -0.2) is 9.78 Å². The van der Waals surface area contributed by atoms with E-state index in [1.807, 2.05) is 0 Å². The van der Waals surface area contributed by atoms with E-state index in [2.05, 4.69) is 10.1 Å². The fourth-order valence-electron chi connectivity index (χ4n) is 1.60. The summed E-state index contributed by atoms with van der Waals surface area (Å²) < 4.78 is 1.45. The summed E-state index contributed by atoms with van der Waals surface area (Å²) in [6.45, 7) is 1.70. The third-order valence-corrected chi connectivity index (χ3v) is 3.59. The second-order valence-electron chi connectivity index (χ2n) is 3.76. The zero-order chi connectivity index (χ0) is 10.6. The van der Waals surface area contributed by atoms with Gasteiger partial charge in [0.15, 0.2) is 5.69 Å². The number of rotatable bonds is 2. The topological polar surface area (TPSA) is 67.5 Å². The van der Waals surface area contributed by atoms with Crippen LogP contribution in [-0.4, -0.2) is 25.7 Å². The van der Waals surface area contributed by atoms with Crippen LogP contribution >= 0.6 is 11.3 Å². The molecule has 1 saturated carbocycles. The lowest BCUT2D eigenvalue weighted by atomic mass is 10.3. The summed E-state index contributed by atoms with van der Waals surface area (Å²) in [5.74, 6) is -0.425. The van der Waals surface area contributed by atoms with Crippen LogP contribution in [0.15, 0.2) is 0 Å². The van der Waals surface area contributed by atoms with Crippen molar-refractivity contribution >= 4 is 22.3 Å². The Hall–Kier alpha value is -1.43. The van der Waals surface area contributed by atoms with Crippen LogP contribution < -0.4 is 0 Å². The van der Waals surface area contributed by atoms with Gasteiger partial charge in [0.2, 0.25) is 4.96 Å². The van der Waals surface area contributed by atoms with E-state index in [1.165, 1.54) is 15.9 Å². The fourth-order valence-corrected chi connectivity index (χ4v) is 2.72. The van der Waals surface area contributed by atoms with E-state index in [0.29, 0.717) is 16.6 Å². The number of hydrogen-bond donors (Lipinski definition) is 1. The minimum Gasteiger partial charge on any atom is -0.476 e. The quantitative estimate of drug-likeness (QED) is 0.841. The highest BCUT2D eigenvalue weighted by molar-refractivity contribution is 7.16. The summed E-state index contributed by atoms with van der Waals surface area (Å²) in [5, 5.41) is 14.3. The molecule has 0 unspecified atom stereocenters. The van der Waals surface area contributed by atoms with Crippen molar-refractivity contribution in [2.75, 3.05) is 0 Å². The molecular formula is C9H9N3O2S. The van der Waals surface area contributed by atoms with E-state index < -0.39 is 5.97 Å². The minimum absolute atomic E-state index is 0.188. The third kappa shape index (κ3) is 1.25. The number of fused-ring (bicyclic) bond motifs is 1. The van der Waals surface area contributed by atoms with Gasteiger partial charge in [-0.15, -0.1) is 0 Å². The van der Waals surface area contributed by atoms with Gasteiger partial charge in [-0.3, -0.25) is 0 Å². The maximum Gasteiger partial charge on any atom is 0.356 e. The Kier molecular flexibility index (Phi) is 1.64. The normalized spacial score (nSPS) is 16.1. The van der Waals surface area contributed by atoms with Crippen LogP contribution in [0, 0.1) is 6.92 Å². The maximum atomic E-state index is 11.0. The van der Waals surface area contributed by atoms with Crippen LogP contribution in [0.25, 0.3) is 4.96 Å². The van der Waals surface area contributed by atoms with Crippen molar-refractivity contribution in [2.24, 2.45) is 0 Å². The van der Waals surface area contributed by atoms with Crippen LogP contribution in [0.3, 0.4) is 0 Å². The molecule has 0 amide bonds. The Labute approximate surface area is 89.4 Å². The summed E-state index contributed by atoms with van der Waals surface area (Å²) in [6, 6.07) is 0. The van der Waals surface area contributed by atoms with Gasteiger partial charge in [0, 0.05) is 5.92 Å². The molecule has 78 valence electrons. The Morgan fingerprint density at radius 2 is 2.33 bits per heavy atom. The van der Waals surface area contributed by atoms with E-state index in [4.69, 9.17) is 5.11 Å². The van der Waals surface area contributed by atoms with E-state index in [1.54, 1.807) is 6.92 Å². The second kappa shape index (κ2) is 2.79. The van der Waals surface area contributed by atoms with Gasteiger partial charge in [0.1, 0.15) is 5.01 Å². The van der Waals surface area contributed by atoms with Gasteiger partial charge in [0.05, 0.1) is 5.69 Å². The predicted octanol–water partition coefficient (Wildman–Crippen LogP) is 1.67. The van der Waals surface area contributed by atoms with Crippen molar-refractivity contribution in [3.63, 3.8) is 0 Å². The molecule has 2 aromatic rings. The van der Waals surface area contributed by atoms with E-state index in [9.17, 15) is 4.79 Å². The molecule has 2 aromatic heterocycles. The number of aromatic carboxylic acids is 1. The molecule has 1 aliphatic rings. The largest absolute Gasteiger partial charge is 0.476 e. The van der Waals surface area contributed by atoms with Crippen LogP contribution in [-0.2, 0) is 0 Å². The number of carboxylic acid groups (broad SMARTS) is 1. The number of aryl methyl sites for hydroxylation is 1. The van der Waals surface area contributed by atoms with Crippen molar-refractivity contribution in [1.82, 2.24) is 14.6 Å². The Morgan fingerprint density at radius 3 is 2.93 bits per heavy atom. The zero-order valence-electron chi connectivity index (χ0n) is 8.10. The first kappa shape index (κ1) is 8.84. The number of imidazole rings is 1. The Morgan fingerprint density at radius 1 is 1.60 bits per heavy atom. The molecule has 3 rings (SSSR count). The molecule has 0 bridgehead atoms. The lowest BCUT2D eigenvalue weighted by Gasteiger charge is -1.91. The molecule has 1 aliphatic carbocycles. The van der Waals surface area contributed by atoms with Gasteiger partial charge in [-0.1, -0.05) is 11.3 Å². The second-order valence-corrected chi connectivity index (χ2v) is 4.75. The fraction of sp³-hybridized carbons (Fsp3) is 0.444. The first-order valence-electron chi connectivity index (χ1n) is 4.76. The molecule has 0 spiro atoms. The Bertz CT molecular complexity index is 553. The molecule has 6 heteroatoms. The van der Waals surface area contributed by atoms with Gasteiger partial charge in [-0.2, -0.15) is 9.61 Å². The summed E-state index contributed by atoms with van der Waals surface area (Å²) in [7, 11) is 0.